The van der Waals surface area contributed by atoms with Crippen molar-refractivity contribution in [3.63, 3.8) is 0 Å². The van der Waals surface area contributed by atoms with Crippen LogP contribution in [0.2, 0.25) is 0 Å². The molecule has 0 spiro atoms. The van der Waals surface area contributed by atoms with E-state index in [1.165, 1.54) is 17.8 Å². The lowest BCUT2D eigenvalue weighted by molar-refractivity contribution is 0.104. The standard InChI is InChI=1S/C12H15N3OS/c1-9(14-15-12(13)17-2)8-11(16)10-6-4-3-5-7-10/h3-8,14H,1-2H3,(H2,13,15)/b9-8+. The highest BCUT2D eigenvalue weighted by Crippen LogP contribution is 2.02. The molecule has 0 bridgehead atoms. The molecule has 0 aromatic heterocycles. The van der Waals surface area contributed by atoms with E-state index < -0.39 is 0 Å². The molecule has 0 unspecified atom stereocenters. The van der Waals surface area contributed by atoms with Crippen LogP contribution in [0.15, 0.2) is 47.2 Å². The van der Waals surface area contributed by atoms with E-state index in [9.17, 15) is 4.79 Å². The molecular formula is C12H15N3OS. The Morgan fingerprint density at radius 3 is 2.65 bits per heavy atom. The molecule has 0 saturated heterocycles. The maximum Gasteiger partial charge on any atom is 0.187 e. The average Bonchev–Trinajstić information content (AvgIpc) is 2.36. The normalized spacial score (nSPS) is 12.4. The summed E-state index contributed by atoms with van der Waals surface area (Å²) in [7, 11) is 0. The van der Waals surface area contributed by atoms with Crippen LogP contribution in [0, 0.1) is 0 Å². The summed E-state index contributed by atoms with van der Waals surface area (Å²) in [5.74, 6) is -0.0616. The highest BCUT2D eigenvalue weighted by atomic mass is 32.2. The van der Waals surface area contributed by atoms with Gasteiger partial charge >= 0.3 is 0 Å². The first-order valence-electron chi connectivity index (χ1n) is 5.04. The minimum Gasteiger partial charge on any atom is -0.377 e. The van der Waals surface area contributed by atoms with Gasteiger partial charge in [-0.3, -0.25) is 10.2 Å². The minimum atomic E-state index is -0.0616. The lowest BCUT2D eigenvalue weighted by Gasteiger charge is -2.01. The predicted octanol–water partition coefficient (Wildman–Crippen LogP) is 1.96. The van der Waals surface area contributed by atoms with E-state index in [0.717, 1.165) is 0 Å². The van der Waals surface area contributed by atoms with Crippen LogP contribution in [0.4, 0.5) is 0 Å². The minimum absolute atomic E-state index is 0.0616. The van der Waals surface area contributed by atoms with E-state index in [1.54, 1.807) is 19.1 Å². The number of ketones is 1. The van der Waals surface area contributed by atoms with Crippen molar-refractivity contribution in [3.05, 3.63) is 47.7 Å². The average molecular weight is 249 g/mol. The van der Waals surface area contributed by atoms with Crippen molar-refractivity contribution < 1.29 is 4.79 Å². The Bertz CT molecular complexity index is 440. The largest absolute Gasteiger partial charge is 0.377 e. The number of benzene rings is 1. The first-order chi connectivity index (χ1) is 8.13. The fourth-order valence-corrected chi connectivity index (χ4v) is 1.24. The van der Waals surface area contributed by atoms with Crippen molar-refractivity contribution in [3.8, 4) is 0 Å². The second-order valence-electron chi connectivity index (χ2n) is 3.32. The van der Waals surface area contributed by atoms with Crippen LogP contribution >= 0.6 is 11.8 Å². The molecule has 0 saturated carbocycles. The summed E-state index contributed by atoms with van der Waals surface area (Å²) >= 11 is 1.34. The maximum atomic E-state index is 11.8. The number of hydrogen-bond acceptors (Lipinski definition) is 4. The predicted molar refractivity (Wildman–Crippen MR) is 72.8 cm³/mol. The molecule has 0 fully saturated rings. The monoisotopic (exact) mass is 249 g/mol. The zero-order valence-electron chi connectivity index (χ0n) is 9.81. The fourth-order valence-electron chi connectivity index (χ4n) is 1.10. The van der Waals surface area contributed by atoms with E-state index in [0.29, 0.717) is 16.4 Å². The lowest BCUT2D eigenvalue weighted by atomic mass is 10.1. The van der Waals surface area contributed by atoms with E-state index in [2.05, 4.69) is 10.5 Å². The van der Waals surface area contributed by atoms with Gasteiger partial charge in [-0.25, -0.2) is 0 Å². The van der Waals surface area contributed by atoms with Gasteiger partial charge in [0, 0.05) is 17.3 Å². The summed E-state index contributed by atoms with van der Waals surface area (Å²) in [4.78, 5) is 11.8. The molecule has 0 aliphatic rings. The fraction of sp³-hybridized carbons (Fsp3) is 0.167. The maximum absolute atomic E-state index is 11.8. The Hall–Kier alpha value is -1.75. The van der Waals surface area contributed by atoms with Gasteiger partial charge in [-0.05, 0) is 13.2 Å². The van der Waals surface area contributed by atoms with Crippen LogP contribution in [0.25, 0.3) is 0 Å². The van der Waals surface area contributed by atoms with E-state index >= 15 is 0 Å². The van der Waals surface area contributed by atoms with Gasteiger partial charge in [0.1, 0.15) is 0 Å². The van der Waals surface area contributed by atoms with Crippen molar-refractivity contribution in [2.24, 2.45) is 10.8 Å². The Morgan fingerprint density at radius 2 is 2.06 bits per heavy atom. The number of thioether (sulfide) groups is 1. The van der Waals surface area contributed by atoms with Crippen molar-refractivity contribution in [1.29, 1.82) is 0 Å². The smallest absolute Gasteiger partial charge is 0.187 e. The molecule has 1 aromatic rings. The van der Waals surface area contributed by atoms with Crippen LogP contribution in [0.3, 0.4) is 0 Å². The molecule has 0 aliphatic carbocycles. The summed E-state index contributed by atoms with van der Waals surface area (Å²) in [6, 6.07) is 9.06. The number of amidine groups is 1. The molecule has 1 aromatic carbocycles. The molecule has 4 nitrogen and oxygen atoms in total. The number of allylic oxidation sites excluding steroid dienone is 2. The second kappa shape index (κ2) is 6.75. The Labute approximate surface area is 105 Å². The third-order valence-corrected chi connectivity index (χ3v) is 2.47. The number of hydrazone groups is 1. The van der Waals surface area contributed by atoms with E-state index in [1.807, 2.05) is 24.5 Å². The van der Waals surface area contributed by atoms with Gasteiger partial charge < -0.3 is 5.73 Å². The number of rotatable bonds is 4. The molecule has 0 heterocycles. The highest BCUT2D eigenvalue weighted by molar-refractivity contribution is 8.13. The van der Waals surface area contributed by atoms with Gasteiger partial charge in [0.15, 0.2) is 11.0 Å². The Kier molecular flexibility index (Phi) is 5.29. The first kappa shape index (κ1) is 13.3. The third-order valence-electron chi connectivity index (χ3n) is 1.96. The Balaban J connectivity index is 2.66. The number of nitrogens with two attached hydrogens (primary N) is 1. The molecule has 0 atom stereocenters. The molecule has 1 rings (SSSR count). The van der Waals surface area contributed by atoms with Gasteiger partial charge in [-0.1, -0.05) is 42.1 Å². The number of carbonyl (C=O) groups is 1. The molecular weight excluding hydrogens is 234 g/mol. The van der Waals surface area contributed by atoms with Gasteiger partial charge in [-0.2, -0.15) is 5.10 Å². The molecule has 90 valence electrons. The number of nitrogens with one attached hydrogen (secondary N) is 1. The number of carbonyl (C=O) groups excluding carboxylic acids is 1. The van der Waals surface area contributed by atoms with Crippen molar-refractivity contribution >= 4 is 22.7 Å². The summed E-state index contributed by atoms with van der Waals surface area (Å²) in [6.07, 6.45) is 3.32. The van der Waals surface area contributed by atoms with Crippen LogP contribution in [0.5, 0.6) is 0 Å². The summed E-state index contributed by atoms with van der Waals surface area (Å²) in [5, 5.41) is 4.30. The van der Waals surface area contributed by atoms with Gasteiger partial charge in [-0.15, -0.1) is 0 Å². The van der Waals surface area contributed by atoms with Crippen molar-refractivity contribution in [1.82, 2.24) is 5.43 Å². The lowest BCUT2D eigenvalue weighted by Crippen LogP contribution is -2.13. The van der Waals surface area contributed by atoms with Gasteiger partial charge in [0.25, 0.3) is 0 Å². The van der Waals surface area contributed by atoms with E-state index in [4.69, 9.17) is 5.73 Å². The molecule has 0 amide bonds. The summed E-state index contributed by atoms with van der Waals surface area (Å²) in [6.45, 7) is 1.76. The molecule has 3 N–H and O–H groups in total. The summed E-state index contributed by atoms with van der Waals surface area (Å²) < 4.78 is 0. The second-order valence-corrected chi connectivity index (χ2v) is 4.15. The zero-order chi connectivity index (χ0) is 12.7. The Morgan fingerprint density at radius 1 is 1.41 bits per heavy atom. The molecule has 17 heavy (non-hydrogen) atoms. The van der Waals surface area contributed by atoms with Crippen LogP contribution in [-0.2, 0) is 0 Å². The van der Waals surface area contributed by atoms with Crippen molar-refractivity contribution in [2.75, 3.05) is 6.26 Å². The SMILES string of the molecule is CS/C(N)=N/N/C(C)=C/C(=O)c1ccccc1. The first-order valence-corrected chi connectivity index (χ1v) is 6.27. The molecule has 0 radical (unpaired) electrons. The number of nitrogens with zero attached hydrogens (tertiary/aromatic N) is 1. The van der Waals surface area contributed by atoms with Crippen LogP contribution in [-0.4, -0.2) is 17.2 Å². The van der Waals surface area contributed by atoms with Crippen LogP contribution < -0.4 is 11.2 Å². The quantitative estimate of drug-likeness (QED) is 0.281. The third kappa shape index (κ3) is 4.74. The van der Waals surface area contributed by atoms with Crippen molar-refractivity contribution in [2.45, 2.75) is 6.92 Å². The van der Waals surface area contributed by atoms with Gasteiger partial charge in [0.05, 0.1) is 0 Å². The van der Waals surface area contributed by atoms with Gasteiger partial charge in [0.2, 0.25) is 0 Å². The number of hydrogen-bond donors (Lipinski definition) is 2. The highest BCUT2D eigenvalue weighted by Gasteiger charge is 2.01. The molecule has 0 aliphatic heterocycles. The zero-order valence-corrected chi connectivity index (χ0v) is 10.6. The van der Waals surface area contributed by atoms with E-state index in [-0.39, 0.29) is 5.78 Å². The van der Waals surface area contributed by atoms with Crippen LogP contribution in [0.1, 0.15) is 17.3 Å². The molecule has 5 heteroatoms. The summed E-state index contributed by atoms with van der Waals surface area (Å²) in [5.41, 5.74) is 9.52. The topological polar surface area (TPSA) is 67.5 Å².